The SMILES string of the molecule is O=S(=O)(c1cccc2cccnc12)N1CC(Oc2ncccc2Br)C1. The Kier molecular flexibility index (Phi) is 4.18. The zero-order chi connectivity index (χ0) is 17.4. The molecule has 0 N–H and O–H groups in total. The number of benzene rings is 1. The average molecular weight is 420 g/mol. The van der Waals surface area contributed by atoms with Gasteiger partial charge in [0, 0.05) is 17.8 Å². The predicted molar refractivity (Wildman–Crippen MR) is 96.9 cm³/mol. The van der Waals surface area contributed by atoms with Gasteiger partial charge in [0.15, 0.2) is 0 Å². The summed E-state index contributed by atoms with van der Waals surface area (Å²) in [5.74, 6) is 0.469. The third kappa shape index (κ3) is 3.01. The van der Waals surface area contributed by atoms with Crippen LogP contribution >= 0.6 is 15.9 Å². The lowest BCUT2D eigenvalue weighted by molar-refractivity contribution is 0.0714. The highest BCUT2D eigenvalue weighted by Gasteiger charge is 2.39. The third-order valence-corrected chi connectivity index (χ3v) is 6.50. The van der Waals surface area contributed by atoms with E-state index in [2.05, 4.69) is 25.9 Å². The first-order valence-electron chi connectivity index (χ1n) is 7.67. The molecule has 1 fully saturated rings. The van der Waals surface area contributed by atoms with Crippen molar-refractivity contribution in [1.82, 2.24) is 14.3 Å². The van der Waals surface area contributed by atoms with Gasteiger partial charge >= 0.3 is 0 Å². The van der Waals surface area contributed by atoms with E-state index in [0.717, 1.165) is 9.86 Å². The molecule has 0 aliphatic carbocycles. The fourth-order valence-corrected chi connectivity index (χ4v) is 4.73. The van der Waals surface area contributed by atoms with Gasteiger partial charge in [0.25, 0.3) is 0 Å². The fourth-order valence-electron chi connectivity index (χ4n) is 2.71. The molecule has 6 nitrogen and oxygen atoms in total. The molecule has 1 aliphatic heterocycles. The van der Waals surface area contributed by atoms with Gasteiger partial charge < -0.3 is 4.74 Å². The third-order valence-electron chi connectivity index (χ3n) is 4.03. The second-order valence-corrected chi connectivity index (χ2v) is 8.44. The van der Waals surface area contributed by atoms with Crippen LogP contribution in [-0.2, 0) is 10.0 Å². The van der Waals surface area contributed by atoms with E-state index < -0.39 is 10.0 Å². The van der Waals surface area contributed by atoms with Crippen molar-refractivity contribution in [3.8, 4) is 5.88 Å². The molecule has 0 spiro atoms. The van der Waals surface area contributed by atoms with Crippen molar-refractivity contribution in [2.45, 2.75) is 11.0 Å². The Balaban J connectivity index is 1.54. The molecule has 0 radical (unpaired) electrons. The van der Waals surface area contributed by atoms with Crippen LogP contribution in [0.4, 0.5) is 0 Å². The number of para-hydroxylation sites is 1. The van der Waals surface area contributed by atoms with Gasteiger partial charge in [0.1, 0.15) is 11.0 Å². The second kappa shape index (κ2) is 6.36. The largest absolute Gasteiger partial charge is 0.471 e. The number of sulfonamides is 1. The molecule has 128 valence electrons. The fraction of sp³-hybridized carbons (Fsp3) is 0.176. The van der Waals surface area contributed by atoms with E-state index in [1.807, 2.05) is 18.2 Å². The molecule has 3 heterocycles. The predicted octanol–water partition coefficient (Wildman–Crippen LogP) is 2.84. The summed E-state index contributed by atoms with van der Waals surface area (Å²) < 4.78 is 33.7. The first kappa shape index (κ1) is 16.4. The summed E-state index contributed by atoms with van der Waals surface area (Å²) in [5, 5.41) is 0.800. The number of hydrogen-bond acceptors (Lipinski definition) is 5. The Bertz CT molecular complexity index is 1030. The lowest BCUT2D eigenvalue weighted by atomic mass is 10.2. The summed E-state index contributed by atoms with van der Waals surface area (Å²) in [6, 6.07) is 12.4. The van der Waals surface area contributed by atoms with Crippen LogP contribution in [0.15, 0.2) is 64.2 Å². The molecule has 0 atom stereocenters. The zero-order valence-corrected chi connectivity index (χ0v) is 15.4. The first-order chi connectivity index (χ1) is 12.1. The molecule has 1 aliphatic rings. The quantitative estimate of drug-likeness (QED) is 0.649. The molecule has 0 amide bonds. The monoisotopic (exact) mass is 419 g/mol. The lowest BCUT2D eigenvalue weighted by Crippen LogP contribution is -2.56. The van der Waals surface area contributed by atoms with Gasteiger partial charge in [-0.15, -0.1) is 0 Å². The van der Waals surface area contributed by atoms with Crippen molar-refractivity contribution < 1.29 is 13.2 Å². The van der Waals surface area contributed by atoms with E-state index in [-0.39, 0.29) is 24.1 Å². The summed E-state index contributed by atoms with van der Waals surface area (Å²) in [7, 11) is -3.61. The highest BCUT2D eigenvalue weighted by atomic mass is 79.9. The normalized spacial score (nSPS) is 15.9. The van der Waals surface area contributed by atoms with Gasteiger partial charge in [-0.1, -0.05) is 18.2 Å². The van der Waals surface area contributed by atoms with E-state index in [1.54, 1.807) is 36.7 Å². The van der Waals surface area contributed by atoms with Gasteiger partial charge in [-0.25, -0.2) is 13.4 Å². The topological polar surface area (TPSA) is 72.4 Å². The molecule has 0 unspecified atom stereocenters. The van der Waals surface area contributed by atoms with E-state index in [1.165, 1.54) is 4.31 Å². The Morgan fingerprint density at radius 2 is 1.76 bits per heavy atom. The van der Waals surface area contributed by atoms with E-state index in [4.69, 9.17) is 4.74 Å². The molecule has 8 heteroatoms. The van der Waals surface area contributed by atoms with Crippen LogP contribution in [-0.4, -0.2) is 41.9 Å². The van der Waals surface area contributed by atoms with Gasteiger partial charge in [-0.2, -0.15) is 4.31 Å². The van der Waals surface area contributed by atoms with Crippen LogP contribution in [0.2, 0.25) is 0 Å². The number of ether oxygens (including phenoxy) is 1. The van der Waals surface area contributed by atoms with Gasteiger partial charge in [-0.3, -0.25) is 4.98 Å². The number of fused-ring (bicyclic) bond motifs is 1. The molecular formula is C17H14BrN3O3S. The van der Waals surface area contributed by atoms with E-state index in [9.17, 15) is 8.42 Å². The lowest BCUT2D eigenvalue weighted by Gasteiger charge is -2.37. The number of pyridine rings is 2. The van der Waals surface area contributed by atoms with Crippen molar-refractivity contribution >= 4 is 36.9 Å². The second-order valence-electron chi connectivity index (χ2n) is 5.68. The maximum Gasteiger partial charge on any atom is 0.245 e. The minimum atomic E-state index is -3.61. The van der Waals surface area contributed by atoms with E-state index >= 15 is 0 Å². The van der Waals surface area contributed by atoms with Crippen molar-refractivity contribution in [3.05, 3.63) is 59.3 Å². The standard InChI is InChI=1S/C17H14BrN3O3S/c18-14-6-3-9-20-17(14)24-13-10-21(11-13)25(22,23)15-7-1-4-12-5-2-8-19-16(12)15/h1-9,13H,10-11H2. The number of hydrogen-bond donors (Lipinski definition) is 0. The smallest absolute Gasteiger partial charge is 0.245 e. The molecule has 25 heavy (non-hydrogen) atoms. The maximum atomic E-state index is 12.9. The van der Waals surface area contributed by atoms with Crippen LogP contribution < -0.4 is 4.74 Å². The van der Waals surface area contributed by atoms with Gasteiger partial charge in [0.05, 0.1) is 23.1 Å². The molecule has 1 aromatic carbocycles. The minimum absolute atomic E-state index is 0.219. The number of rotatable bonds is 4. The van der Waals surface area contributed by atoms with Gasteiger partial charge in [-0.05, 0) is 40.2 Å². The van der Waals surface area contributed by atoms with Crippen molar-refractivity contribution in [3.63, 3.8) is 0 Å². The van der Waals surface area contributed by atoms with Crippen LogP contribution in [0.1, 0.15) is 0 Å². The Labute approximate surface area is 153 Å². The van der Waals surface area contributed by atoms with Crippen molar-refractivity contribution in [1.29, 1.82) is 0 Å². The maximum absolute atomic E-state index is 12.9. The molecule has 2 aromatic heterocycles. The van der Waals surface area contributed by atoms with Gasteiger partial charge in [0.2, 0.25) is 15.9 Å². The molecule has 3 aromatic rings. The summed E-state index contributed by atoms with van der Waals surface area (Å²) in [6.45, 7) is 0.573. The Hall–Kier alpha value is -2.03. The summed E-state index contributed by atoms with van der Waals surface area (Å²) in [4.78, 5) is 8.60. The average Bonchev–Trinajstić information content (AvgIpc) is 2.58. The zero-order valence-electron chi connectivity index (χ0n) is 13.0. The van der Waals surface area contributed by atoms with Crippen molar-refractivity contribution in [2.24, 2.45) is 0 Å². The highest BCUT2D eigenvalue weighted by molar-refractivity contribution is 9.10. The summed E-state index contributed by atoms with van der Waals surface area (Å²) in [5.41, 5.74) is 0.488. The summed E-state index contributed by atoms with van der Waals surface area (Å²) in [6.07, 6.45) is 3.01. The molecule has 1 saturated heterocycles. The Morgan fingerprint density at radius 1 is 1.04 bits per heavy atom. The summed E-state index contributed by atoms with van der Waals surface area (Å²) >= 11 is 3.37. The van der Waals surface area contributed by atoms with Crippen LogP contribution in [0, 0.1) is 0 Å². The van der Waals surface area contributed by atoms with Crippen LogP contribution in [0.25, 0.3) is 10.9 Å². The van der Waals surface area contributed by atoms with Crippen LogP contribution in [0.3, 0.4) is 0 Å². The van der Waals surface area contributed by atoms with Crippen molar-refractivity contribution in [2.75, 3.05) is 13.1 Å². The number of nitrogens with zero attached hydrogens (tertiary/aromatic N) is 3. The molecule has 0 saturated carbocycles. The highest BCUT2D eigenvalue weighted by Crippen LogP contribution is 2.29. The van der Waals surface area contributed by atoms with E-state index in [0.29, 0.717) is 11.4 Å². The Morgan fingerprint density at radius 3 is 2.56 bits per heavy atom. The molecular weight excluding hydrogens is 406 g/mol. The van der Waals surface area contributed by atoms with Crippen LogP contribution in [0.5, 0.6) is 5.88 Å². The molecule has 4 rings (SSSR count). The first-order valence-corrected chi connectivity index (χ1v) is 9.90. The number of halogens is 1. The number of aromatic nitrogens is 2. The molecule has 0 bridgehead atoms. The minimum Gasteiger partial charge on any atom is -0.471 e.